The van der Waals surface area contributed by atoms with Crippen molar-refractivity contribution >= 4 is 40.7 Å². The number of halogens is 1. The van der Waals surface area contributed by atoms with Gasteiger partial charge in [0.1, 0.15) is 17.4 Å². The van der Waals surface area contributed by atoms with Crippen LogP contribution in [0.25, 0.3) is 11.2 Å². The summed E-state index contributed by atoms with van der Waals surface area (Å²) in [6.45, 7) is 2.55. The summed E-state index contributed by atoms with van der Waals surface area (Å²) in [5.41, 5.74) is 0.0936. The molecule has 35 heavy (non-hydrogen) atoms. The van der Waals surface area contributed by atoms with E-state index in [1.165, 1.54) is 26.5 Å². The fourth-order valence-electron chi connectivity index (χ4n) is 4.52. The molecule has 12 heteroatoms. The van der Waals surface area contributed by atoms with Crippen LogP contribution in [0.4, 0.5) is 0 Å². The Morgan fingerprint density at radius 1 is 1.11 bits per heavy atom. The van der Waals surface area contributed by atoms with E-state index in [4.69, 9.17) is 30.5 Å². The van der Waals surface area contributed by atoms with Gasteiger partial charge >= 0.3 is 17.9 Å². The second kappa shape index (κ2) is 8.90. The standard InChI is InChI=1S/C23H21ClN4O7/c1-12(29)33-17-18(34-13(2)30)23(8-15(23)9-32-22(31)14-6-4-3-5-7-14)35-21(17)28-11-27-16-19(24)25-10-26-20(16)28/h3-7,10-11,15,17-18,21H,8-9H2,1-2H3/t15-,17?,18?,21?,23+/m0/s1. The summed E-state index contributed by atoms with van der Waals surface area (Å²) in [5.74, 6) is -1.92. The van der Waals surface area contributed by atoms with E-state index >= 15 is 0 Å². The number of ether oxygens (including phenoxy) is 4. The molecule has 1 aromatic carbocycles. The number of carbonyl (C=O) groups is 3. The van der Waals surface area contributed by atoms with Crippen molar-refractivity contribution in [3.8, 4) is 0 Å². The average molecular weight is 501 g/mol. The molecule has 11 nitrogen and oxygen atoms in total. The maximum Gasteiger partial charge on any atom is 0.338 e. The zero-order valence-corrected chi connectivity index (χ0v) is 19.5. The summed E-state index contributed by atoms with van der Waals surface area (Å²) in [7, 11) is 0. The lowest BCUT2D eigenvalue weighted by molar-refractivity contribution is -0.166. The quantitative estimate of drug-likeness (QED) is 0.282. The lowest BCUT2D eigenvalue weighted by atomic mass is 10.1. The van der Waals surface area contributed by atoms with Crippen LogP contribution in [-0.4, -0.2) is 61.8 Å². The molecule has 5 atom stereocenters. The van der Waals surface area contributed by atoms with E-state index in [2.05, 4.69) is 15.0 Å². The van der Waals surface area contributed by atoms with Crippen molar-refractivity contribution in [1.29, 1.82) is 0 Å². The Morgan fingerprint density at radius 2 is 1.86 bits per heavy atom. The SMILES string of the molecule is CC(=O)OC1C(n2cnc3c(Cl)ncnc32)O[C@@]2(C[C@H]2COC(=O)c2ccccc2)C1OC(C)=O. The van der Waals surface area contributed by atoms with Crippen LogP contribution in [0, 0.1) is 5.92 Å². The van der Waals surface area contributed by atoms with Gasteiger partial charge in [-0.1, -0.05) is 29.8 Å². The Morgan fingerprint density at radius 3 is 2.57 bits per heavy atom. The van der Waals surface area contributed by atoms with Crippen LogP contribution in [0.2, 0.25) is 5.15 Å². The van der Waals surface area contributed by atoms with E-state index in [1.54, 1.807) is 34.9 Å². The molecular formula is C23H21ClN4O7. The minimum atomic E-state index is -1.03. The molecule has 3 aromatic rings. The van der Waals surface area contributed by atoms with Crippen LogP contribution in [0.1, 0.15) is 36.9 Å². The van der Waals surface area contributed by atoms with Gasteiger partial charge in [0.05, 0.1) is 18.5 Å². The van der Waals surface area contributed by atoms with E-state index in [1.807, 2.05) is 0 Å². The molecule has 0 N–H and O–H groups in total. The molecule has 2 aromatic heterocycles. The van der Waals surface area contributed by atoms with E-state index in [0.29, 0.717) is 23.1 Å². The lowest BCUT2D eigenvalue weighted by Crippen LogP contribution is -2.41. The van der Waals surface area contributed by atoms with E-state index in [0.717, 1.165) is 0 Å². The monoisotopic (exact) mass is 500 g/mol. The molecule has 1 spiro atoms. The van der Waals surface area contributed by atoms with Gasteiger partial charge < -0.3 is 18.9 Å². The predicted molar refractivity (Wildman–Crippen MR) is 119 cm³/mol. The van der Waals surface area contributed by atoms with Gasteiger partial charge in [0.25, 0.3) is 0 Å². The molecule has 5 rings (SSSR count). The fourth-order valence-corrected chi connectivity index (χ4v) is 4.70. The molecule has 3 unspecified atom stereocenters. The molecule has 2 fully saturated rings. The van der Waals surface area contributed by atoms with Crippen molar-refractivity contribution < 1.29 is 33.3 Å². The van der Waals surface area contributed by atoms with E-state index in [-0.39, 0.29) is 17.7 Å². The highest BCUT2D eigenvalue weighted by molar-refractivity contribution is 6.33. The van der Waals surface area contributed by atoms with Crippen molar-refractivity contribution in [1.82, 2.24) is 19.5 Å². The van der Waals surface area contributed by atoms with Gasteiger partial charge in [-0.3, -0.25) is 14.2 Å². The molecule has 2 aliphatic rings. The fraction of sp³-hybridized carbons (Fsp3) is 0.391. The maximum absolute atomic E-state index is 12.4. The van der Waals surface area contributed by atoms with Gasteiger partial charge in [0, 0.05) is 19.8 Å². The van der Waals surface area contributed by atoms with Crippen molar-refractivity contribution in [3.05, 3.63) is 53.7 Å². The Balaban J connectivity index is 1.44. The van der Waals surface area contributed by atoms with Crippen LogP contribution in [0.3, 0.4) is 0 Å². The number of hydrogen-bond acceptors (Lipinski definition) is 10. The third-order valence-electron chi connectivity index (χ3n) is 6.11. The molecular weight excluding hydrogens is 480 g/mol. The molecule has 3 heterocycles. The molecule has 1 aliphatic heterocycles. The third-order valence-corrected chi connectivity index (χ3v) is 6.38. The number of aromatic nitrogens is 4. The van der Waals surface area contributed by atoms with E-state index < -0.39 is 41.9 Å². The van der Waals surface area contributed by atoms with Crippen LogP contribution >= 0.6 is 11.6 Å². The van der Waals surface area contributed by atoms with Gasteiger partial charge in [0.2, 0.25) is 0 Å². The van der Waals surface area contributed by atoms with Crippen molar-refractivity contribution in [2.24, 2.45) is 5.92 Å². The van der Waals surface area contributed by atoms with Gasteiger partial charge in [-0.05, 0) is 18.6 Å². The highest BCUT2D eigenvalue weighted by Gasteiger charge is 2.72. The second-order valence-corrected chi connectivity index (χ2v) is 8.78. The average Bonchev–Trinajstić information content (AvgIpc) is 3.22. The first-order chi connectivity index (χ1) is 16.8. The van der Waals surface area contributed by atoms with Crippen LogP contribution in [-0.2, 0) is 28.5 Å². The number of imidazole rings is 1. The highest BCUT2D eigenvalue weighted by atomic mass is 35.5. The van der Waals surface area contributed by atoms with Gasteiger partial charge in [-0.2, -0.15) is 0 Å². The smallest absolute Gasteiger partial charge is 0.338 e. The Labute approximate surface area is 204 Å². The Hall–Kier alpha value is -3.57. The largest absolute Gasteiger partial charge is 0.462 e. The number of rotatable bonds is 6. The molecule has 0 amide bonds. The maximum atomic E-state index is 12.4. The van der Waals surface area contributed by atoms with Crippen LogP contribution in [0.15, 0.2) is 43.0 Å². The second-order valence-electron chi connectivity index (χ2n) is 8.42. The first kappa shape index (κ1) is 23.2. The summed E-state index contributed by atoms with van der Waals surface area (Å²) < 4.78 is 24.7. The van der Waals surface area contributed by atoms with Crippen LogP contribution in [0.5, 0.6) is 0 Å². The molecule has 1 saturated heterocycles. The van der Waals surface area contributed by atoms with Gasteiger partial charge in [-0.25, -0.2) is 19.7 Å². The number of benzene rings is 1. The Kier molecular flexibility index (Phi) is 5.89. The van der Waals surface area contributed by atoms with Crippen molar-refractivity contribution in [3.63, 3.8) is 0 Å². The zero-order chi connectivity index (χ0) is 24.7. The number of carbonyl (C=O) groups excluding carboxylic acids is 3. The summed E-state index contributed by atoms with van der Waals surface area (Å²) in [6, 6.07) is 8.60. The summed E-state index contributed by atoms with van der Waals surface area (Å²) in [5, 5.41) is 0.152. The van der Waals surface area contributed by atoms with E-state index in [9.17, 15) is 14.4 Å². The zero-order valence-electron chi connectivity index (χ0n) is 18.8. The highest BCUT2D eigenvalue weighted by Crippen LogP contribution is 2.59. The molecule has 0 radical (unpaired) electrons. The number of nitrogens with zero attached hydrogens (tertiary/aromatic N) is 4. The van der Waals surface area contributed by atoms with Crippen molar-refractivity contribution in [2.75, 3.05) is 6.61 Å². The molecule has 1 saturated carbocycles. The Bertz CT molecular complexity index is 1300. The summed E-state index contributed by atoms with van der Waals surface area (Å²) >= 11 is 6.14. The molecule has 182 valence electrons. The minimum Gasteiger partial charge on any atom is -0.462 e. The summed E-state index contributed by atoms with van der Waals surface area (Å²) in [4.78, 5) is 48.8. The number of fused-ring (bicyclic) bond motifs is 1. The molecule has 0 bridgehead atoms. The first-order valence-electron chi connectivity index (χ1n) is 10.9. The topological polar surface area (TPSA) is 132 Å². The number of hydrogen-bond donors (Lipinski definition) is 0. The summed E-state index contributed by atoms with van der Waals surface area (Å²) in [6.07, 6.45) is 0.281. The normalized spacial score (nSPS) is 27.1. The lowest BCUT2D eigenvalue weighted by Gasteiger charge is -2.24. The van der Waals surface area contributed by atoms with Crippen LogP contribution < -0.4 is 0 Å². The van der Waals surface area contributed by atoms with Gasteiger partial charge in [-0.15, -0.1) is 0 Å². The predicted octanol–water partition coefficient (Wildman–Crippen LogP) is 2.49. The van der Waals surface area contributed by atoms with Crippen molar-refractivity contribution in [2.45, 2.75) is 44.3 Å². The third kappa shape index (κ3) is 4.21. The first-order valence-corrected chi connectivity index (χ1v) is 11.3. The van der Waals surface area contributed by atoms with Gasteiger partial charge in [0.15, 0.2) is 29.2 Å². The number of esters is 3. The molecule has 1 aliphatic carbocycles. The minimum absolute atomic E-state index is 0.0314.